The molecule has 0 spiro atoms. The van der Waals surface area contributed by atoms with Crippen LogP contribution in [-0.4, -0.2) is 37.2 Å². The van der Waals surface area contributed by atoms with Gasteiger partial charge in [-0.05, 0) is 135 Å². The molecule has 0 aliphatic heterocycles. The second-order valence-corrected chi connectivity index (χ2v) is 17.4. The lowest BCUT2D eigenvalue weighted by atomic mass is 10.2. The van der Waals surface area contributed by atoms with Crippen molar-refractivity contribution >= 4 is 17.9 Å². The number of hydrogen-bond acceptors (Lipinski definition) is 6. The SMILES string of the molecule is CC/C=C\C/C=C\C/C=C\C/C=C\C/C=C\CCCC(=O)O[C@H](COC(=O)CC/C=C\C/C=C\C/C=C\C/C=C\C/C=C\CCCCC)COC(=O)CCC/C=C\C/C=C\C/C=C\C/C=C\CCCCC. The molecule has 0 rings (SSSR count). The van der Waals surface area contributed by atoms with Gasteiger partial charge < -0.3 is 14.2 Å². The molecule has 6 heteroatoms. The van der Waals surface area contributed by atoms with E-state index in [0.717, 1.165) is 89.9 Å². The summed E-state index contributed by atoms with van der Waals surface area (Å²) in [6.07, 6.45) is 85.0. The van der Waals surface area contributed by atoms with E-state index in [0.29, 0.717) is 19.3 Å². The lowest BCUT2D eigenvalue weighted by Gasteiger charge is -2.18. The van der Waals surface area contributed by atoms with Gasteiger partial charge in [0, 0.05) is 19.3 Å². The summed E-state index contributed by atoms with van der Waals surface area (Å²) >= 11 is 0. The van der Waals surface area contributed by atoms with Crippen LogP contribution in [0.25, 0.3) is 0 Å². The van der Waals surface area contributed by atoms with Gasteiger partial charge in [0.25, 0.3) is 0 Å². The number of hydrogen-bond donors (Lipinski definition) is 0. The van der Waals surface area contributed by atoms with Crippen molar-refractivity contribution in [2.45, 2.75) is 207 Å². The zero-order chi connectivity index (χ0) is 51.4. The molecule has 0 aliphatic carbocycles. The molecule has 0 N–H and O–H groups in total. The van der Waals surface area contributed by atoms with Crippen molar-refractivity contribution in [1.29, 1.82) is 0 Å². The molecule has 71 heavy (non-hydrogen) atoms. The first-order valence-corrected chi connectivity index (χ1v) is 27.6. The predicted octanol–water partition coefficient (Wildman–Crippen LogP) is 18.8. The fourth-order valence-corrected chi connectivity index (χ4v) is 6.57. The van der Waals surface area contributed by atoms with Crippen LogP contribution in [0.1, 0.15) is 201 Å². The lowest BCUT2D eigenvalue weighted by Crippen LogP contribution is -2.30. The van der Waals surface area contributed by atoms with E-state index in [4.69, 9.17) is 14.2 Å². The summed E-state index contributed by atoms with van der Waals surface area (Å²) in [6, 6.07) is 0. The monoisotopic (exact) mass is 975 g/mol. The zero-order valence-electron chi connectivity index (χ0n) is 44.9. The lowest BCUT2D eigenvalue weighted by molar-refractivity contribution is -0.166. The van der Waals surface area contributed by atoms with Crippen LogP contribution in [0.3, 0.4) is 0 Å². The van der Waals surface area contributed by atoms with Gasteiger partial charge in [-0.15, -0.1) is 0 Å². The summed E-state index contributed by atoms with van der Waals surface area (Å²) in [5.74, 6) is -1.17. The summed E-state index contributed by atoms with van der Waals surface area (Å²) in [7, 11) is 0. The van der Waals surface area contributed by atoms with E-state index in [1.165, 1.54) is 51.4 Å². The standard InChI is InChI=1S/C65H98O6/c1-4-7-10-13-16-19-22-25-28-31-32-35-37-40-43-46-49-52-55-58-64(67)70-61-62(71-65(68)59-56-53-50-47-44-41-38-34-30-27-24-21-18-15-12-9-6-3)60-69-63(66)57-54-51-48-45-42-39-36-33-29-26-23-20-17-14-11-8-5-2/h9,12,16-21,25-30,32,35-36,38-41,43,45,47-50,52,62H,4-8,10-11,13-15,22-24,31,33-34,37,42,44,46,51,53-61H2,1-3H3/b12-9-,19-16-,20-17-,21-18-,28-25-,29-26-,30-27-,35-32-,39-36-,41-38-,43-40-,48-45-,50-47-,52-49-/t62-/m0/s1. The number of rotatable bonds is 47. The van der Waals surface area contributed by atoms with Crippen LogP contribution >= 0.6 is 0 Å². The van der Waals surface area contributed by atoms with Gasteiger partial charge >= 0.3 is 17.9 Å². The first-order chi connectivity index (χ1) is 35.0. The summed E-state index contributed by atoms with van der Waals surface area (Å²) < 4.78 is 16.7. The number of carbonyl (C=O) groups excluding carboxylic acids is 3. The Labute approximate surface area is 434 Å². The second kappa shape index (κ2) is 57.3. The fourth-order valence-electron chi connectivity index (χ4n) is 6.57. The van der Waals surface area contributed by atoms with Gasteiger partial charge in [0.05, 0.1) is 0 Å². The van der Waals surface area contributed by atoms with Crippen molar-refractivity contribution in [3.05, 3.63) is 170 Å². The highest BCUT2D eigenvalue weighted by molar-refractivity contribution is 5.71. The Kier molecular flexibility index (Phi) is 53.1. The fraction of sp³-hybridized carbons (Fsp3) is 0.523. The number of allylic oxidation sites excluding steroid dienone is 28. The van der Waals surface area contributed by atoms with Crippen molar-refractivity contribution in [3.63, 3.8) is 0 Å². The maximum atomic E-state index is 12.8. The normalized spacial score (nSPS) is 13.5. The van der Waals surface area contributed by atoms with E-state index >= 15 is 0 Å². The molecule has 0 aliphatic rings. The number of ether oxygens (including phenoxy) is 3. The molecule has 1 atom stereocenters. The average molecular weight is 975 g/mol. The number of unbranched alkanes of at least 4 members (excludes halogenated alkanes) is 8. The van der Waals surface area contributed by atoms with E-state index in [9.17, 15) is 14.4 Å². The van der Waals surface area contributed by atoms with Gasteiger partial charge in [-0.25, -0.2) is 0 Å². The van der Waals surface area contributed by atoms with E-state index in [2.05, 4.69) is 179 Å². The first-order valence-electron chi connectivity index (χ1n) is 27.6. The van der Waals surface area contributed by atoms with E-state index in [1.807, 2.05) is 12.2 Å². The largest absolute Gasteiger partial charge is 0.462 e. The van der Waals surface area contributed by atoms with Crippen molar-refractivity contribution in [2.24, 2.45) is 0 Å². The van der Waals surface area contributed by atoms with Crippen molar-refractivity contribution < 1.29 is 28.6 Å². The van der Waals surface area contributed by atoms with Crippen molar-refractivity contribution in [1.82, 2.24) is 0 Å². The van der Waals surface area contributed by atoms with Crippen LogP contribution in [0.4, 0.5) is 0 Å². The highest BCUT2D eigenvalue weighted by Crippen LogP contribution is 2.09. The summed E-state index contributed by atoms with van der Waals surface area (Å²) in [4.78, 5) is 38.0. The van der Waals surface area contributed by atoms with Crippen molar-refractivity contribution in [2.75, 3.05) is 13.2 Å². The zero-order valence-corrected chi connectivity index (χ0v) is 44.9. The molecule has 0 unspecified atom stereocenters. The third kappa shape index (κ3) is 55.6. The van der Waals surface area contributed by atoms with Gasteiger partial charge in [0.2, 0.25) is 0 Å². The Morgan fingerprint density at radius 1 is 0.296 bits per heavy atom. The van der Waals surface area contributed by atoms with Crippen LogP contribution in [0.15, 0.2) is 170 Å². The molecule has 0 heterocycles. The molecule has 0 aromatic rings. The van der Waals surface area contributed by atoms with E-state index in [1.54, 1.807) is 0 Å². The molecule has 0 radical (unpaired) electrons. The van der Waals surface area contributed by atoms with E-state index in [-0.39, 0.29) is 38.4 Å². The Balaban J connectivity index is 4.71. The van der Waals surface area contributed by atoms with Gasteiger partial charge in [-0.1, -0.05) is 217 Å². The highest BCUT2D eigenvalue weighted by Gasteiger charge is 2.19. The van der Waals surface area contributed by atoms with Gasteiger partial charge in [-0.2, -0.15) is 0 Å². The molecule has 0 saturated heterocycles. The molecule has 6 nitrogen and oxygen atoms in total. The Morgan fingerprint density at radius 3 is 0.887 bits per heavy atom. The molecule has 0 aromatic carbocycles. The quantitative estimate of drug-likeness (QED) is 0.0262. The molecule has 0 fully saturated rings. The van der Waals surface area contributed by atoms with Crippen LogP contribution in [0, 0.1) is 0 Å². The highest BCUT2D eigenvalue weighted by atomic mass is 16.6. The first kappa shape index (κ1) is 65.8. The summed E-state index contributed by atoms with van der Waals surface area (Å²) in [5.41, 5.74) is 0. The third-order valence-electron chi connectivity index (χ3n) is 10.7. The smallest absolute Gasteiger partial charge is 0.306 e. The Hall–Kier alpha value is -5.23. The maximum Gasteiger partial charge on any atom is 0.306 e. The predicted molar refractivity (Wildman–Crippen MR) is 306 cm³/mol. The van der Waals surface area contributed by atoms with Gasteiger partial charge in [-0.3, -0.25) is 14.4 Å². The Morgan fingerprint density at radius 2 is 0.563 bits per heavy atom. The molecule has 0 bridgehead atoms. The van der Waals surface area contributed by atoms with Crippen molar-refractivity contribution in [3.8, 4) is 0 Å². The number of carbonyl (C=O) groups is 3. The third-order valence-corrected chi connectivity index (χ3v) is 10.7. The maximum absolute atomic E-state index is 12.8. The minimum atomic E-state index is -0.870. The molecule has 0 aromatic heterocycles. The van der Waals surface area contributed by atoms with Crippen LogP contribution < -0.4 is 0 Å². The molecular weight excluding hydrogens is 877 g/mol. The van der Waals surface area contributed by atoms with Crippen LogP contribution in [0.5, 0.6) is 0 Å². The number of esters is 3. The van der Waals surface area contributed by atoms with Crippen LogP contribution in [-0.2, 0) is 28.6 Å². The minimum Gasteiger partial charge on any atom is -0.462 e. The molecule has 0 saturated carbocycles. The van der Waals surface area contributed by atoms with Crippen LogP contribution in [0.2, 0.25) is 0 Å². The summed E-state index contributed by atoms with van der Waals surface area (Å²) in [5, 5.41) is 0. The minimum absolute atomic E-state index is 0.161. The molecular formula is C65H98O6. The van der Waals surface area contributed by atoms with E-state index < -0.39 is 18.0 Å². The van der Waals surface area contributed by atoms with Gasteiger partial charge in [0.15, 0.2) is 6.10 Å². The topological polar surface area (TPSA) is 78.9 Å². The van der Waals surface area contributed by atoms with Gasteiger partial charge in [0.1, 0.15) is 13.2 Å². The summed E-state index contributed by atoms with van der Waals surface area (Å²) in [6.45, 7) is 6.28. The Bertz CT molecular complexity index is 1690. The molecule has 394 valence electrons. The molecule has 0 amide bonds. The average Bonchev–Trinajstić information content (AvgIpc) is 3.37. The second-order valence-electron chi connectivity index (χ2n) is 17.4.